The Labute approximate surface area is 318 Å². The quantitative estimate of drug-likeness (QED) is 0.0251. The Hall–Kier alpha value is -3.63. The smallest absolute Gasteiger partial charge is 0.397 e. The molecule has 0 bridgehead atoms. The van der Waals surface area contributed by atoms with Gasteiger partial charge < -0.3 is 41.5 Å². The average Bonchev–Trinajstić information content (AvgIpc) is 3.45. The van der Waals surface area contributed by atoms with Crippen LogP contribution in [0.25, 0.3) is 0 Å². The molecule has 2 fully saturated rings. The topological polar surface area (TPSA) is 329 Å². The van der Waals surface area contributed by atoms with Crippen LogP contribution in [0.4, 0.5) is 0 Å². The Morgan fingerprint density at radius 2 is 1.43 bits per heavy atom. The first-order valence-corrected chi connectivity index (χ1v) is 19.2. The molecule has 4 unspecified atom stereocenters. The summed E-state index contributed by atoms with van der Waals surface area (Å²) >= 11 is 12.0. The van der Waals surface area contributed by atoms with Gasteiger partial charge in [0.15, 0.2) is 12.3 Å². The van der Waals surface area contributed by atoms with Crippen LogP contribution in [-0.4, -0.2) is 154 Å². The van der Waals surface area contributed by atoms with Crippen molar-refractivity contribution in [2.75, 3.05) is 18.6 Å². The van der Waals surface area contributed by atoms with Crippen LogP contribution in [-0.2, 0) is 52.9 Å². The fraction of sp³-hybridized carbons (Fsp3) is 0.667. The van der Waals surface area contributed by atoms with E-state index in [4.69, 9.17) is 34.3 Å². The number of aliphatic hydroxyl groups excluding tert-OH is 1. The van der Waals surface area contributed by atoms with Crippen LogP contribution in [0.15, 0.2) is 0 Å². The molecule has 22 nitrogen and oxygen atoms in total. The molecule has 5 amide bonds. The van der Waals surface area contributed by atoms with Gasteiger partial charge in [0, 0.05) is 0 Å². The SMILES string of the molecule is CSCCC1NC(C(=S)N[C@@H](C)C(=O)N[C@@H](CO)C(=O)N[C@H](C2NC(C(=S)N[C@@H](C)C(=O)N[C@@H](C)C(=O)O)C(=O)O2)[C@@H](C)OS(=O)(=O)O)C(=O)NC1=O. The van der Waals surface area contributed by atoms with E-state index in [0.29, 0.717) is 12.2 Å². The molecule has 0 radical (unpaired) electrons. The number of carboxylic acid groups (broad SMARTS) is 1. The number of amides is 5. The lowest BCUT2D eigenvalue weighted by atomic mass is 10.1. The number of ether oxygens (including phenoxy) is 1. The molecule has 10 atom stereocenters. The molecule has 2 aliphatic rings. The minimum atomic E-state index is -5.15. The van der Waals surface area contributed by atoms with E-state index < -0.39 is 119 Å². The zero-order chi connectivity index (χ0) is 40.4. The number of aliphatic carboxylic acids is 1. The third-order valence-corrected chi connectivity index (χ3v) is 9.50. The van der Waals surface area contributed by atoms with Gasteiger partial charge in [-0.3, -0.25) is 49.3 Å². The molecule has 2 saturated heterocycles. The third kappa shape index (κ3) is 13.6. The molecular weight excluding hydrogens is 789 g/mol. The molecule has 2 rings (SSSR count). The number of piperazine rings is 1. The van der Waals surface area contributed by atoms with E-state index in [1.807, 2.05) is 6.26 Å². The highest BCUT2D eigenvalue weighted by molar-refractivity contribution is 7.98. The van der Waals surface area contributed by atoms with Gasteiger partial charge in [-0.25, -0.2) is 8.98 Å². The minimum Gasteiger partial charge on any atom is -0.480 e. The first-order valence-electron chi connectivity index (χ1n) is 15.7. The van der Waals surface area contributed by atoms with Gasteiger partial charge in [-0.05, 0) is 46.1 Å². The van der Waals surface area contributed by atoms with Crippen molar-refractivity contribution in [3.63, 3.8) is 0 Å². The lowest BCUT2D eigenvalue weighted by molar-refractivity contribution is -0.145. The van der Waals surface area contributed by atoms with Crippen molar-refractivity contribution in [3.05, 3.63) is 0 Å². The van der Waals surface area contributed by atoms with E-state index in [9.17, 15) is 51.6 Å². The van der Waals surface area contributed by atoms with Crippen LogP contribution >= 0.6 is 36.2 Å². The van der Waals surface area contributed by atoms with Crippen molar-refractivity contribution in [2.45, 2.75) is 94.8 Å². The van der Waals surface area contributed by atoms with Crippen molar-refractivity contribution in [1.82, 2.24) is 42.5 Å². The number of carboxylic acids is 1. The summed E-state index contributed by atoms with van der Waals surface area (Å²) in [7, 11) is -5.15. The van der Waals surface area contributed by atoms with E-state index in [1.54, 1.807) is 0 Å². The minimum absolute atomic E-state index is 0.144. The van der Waals surface area contributed by atoms with Crippen LogP contribution < -0.4 is 42.5 Å². The highest BCUT2D eigenvalue weighted by Crippen LogP contribution is 2.16. The lowest BCUT2D eigenvalue weighted by Crippen LogP contribution is -2.67. The monoisotopic (exact) mass is 830 g/mol. The second-order valence-electron chi connectivity index (χ2n) is 11.8. The maximum absolute atomic E-state index is 13.3. The zero-order valence-electron chi connectivity index (χ0n) is 28.9. The maximum Gasteiger partial charge on any atom is 0.397 e. The first-order chi connectivity index (χ1) is 24.6. The van der Waals surface area contributed by atoms with E-state index in [1.165, 1.54) is 32.5 Å². The number of carbonyl (C=O) groups excluding carboxylic acids is 6. The standard InChI is InChI=1S/C27H42N8O14S4/c1-9(18(37)28-11(3)26(42)43)30-25(51)17-27(44)48-23(34-17)15(12(4)49-53(45,46)47)33-21(40)14(8-36)32-19(38)10(2)29-24(50)16-22(41)35-20(39)13(31-16)6-7-52-5/h9-17,23,31,34,36H,6-8H2,1-5H3,(H,28,37)(H,29,50)(H,30,51)(H,32,38)(H,33,40)(H,42,43)(H,35,39,41)(H,45,46,47)/t9-,10-,11-,12+,13?,14-,15-,16?,17?,23?/m0/s1. The van der Waals surface area contributed by atoms with Gasteiger partial charge in [0.1, 0.15) is 52.3 Å². The predicted molar refractivity (Wildman–Crippen MR) is 192 cm³/mol. The molecule has 0 spiro atoms. The molecule has 0 aromatic heterocycles. The van der Waals surface area contributed by atoms with Crippen molar-refractivity contribution < 1.29 is 65.7 Å². The van der Waals surface area contributed by atoms with Crippen molar-refractivity contribution in [2.24, 2.45) is 0 Å². The zero-order valence-corrected chi connectivity index (χ0v) is 32.1. The van der Waals surface area contributed by atoms with E-state index in [0.717, 1.165) is 6.92 Å². The first kappa shape index (κ1) is 45.5. The summed E-state index contributed by atoms with van der Waals surface area (Å²) in [5.41, 5.74) is 0. The molecular formula is C27H42N8O14S4. The Balaban J connectivity index is 2.13. The molecule has 0 saturated carbocycles. The fourth-order valence-electron chi connectivity index (χ4n) is 4.67. The summed E-state index contributed by atoms with van der Waals surface area (Å²) in [5, 5.41) is 38.6. The molecule has 0 aliphatic carbocycles. The summed E-state index contributed by atoms with van der Waals surface area (Å²) in [4.78, 5) is 86.6. The number of nitrogens with one attached hydrogen (secondary N) is 8. The summed E-state index contributed by atoms with van der Waals surface area (Å²) in [6, 6.07) is -10.3. The number of esters is 1. The summed E-state index contributed by atoms with van der Waals surface area (Å²) in [6.07, 6.45) is -1.05. The Kier molecular flexibility index (Phi) is 17.3. The summed E-state index contributed by atoms with van der Waals surface area (Å²) < 4.78 is 42.2. The van der Waals surface area contributed by atoms with Gasteiger partial charge in [-0.1, -0.05) is 24.4 Å². The largest absolute Gasteiger partial charge is 0.480 e. The molecule has 298 valence electrons. The van der Waals surface area contributed by atoms with Crippen molar-refractivity contribution in [1.29, 1.82) is 0 Å². The number of imide groups is 1. The second kappa shape index (κ2) is 20.2. The normalized spacial score (nSPS) is 23.5. The van der Waals surface area contributed by atoms with Gasteiger partial charge >= 0.3 is 22.3 Å². The number of aliphatic hydroxyl groups is 1. The number of hydrogen-bond acceptors (Lipinski definition) is 17. The van der Waals surface area contributed by atoms with Crippen LogP contribution in [0, 0.1) is 0 Å². The van der Waals surface area contributed by atoms with Gasteiger partial charge in [0.05, 0.1) is 12.6 Å². The Morgan fingerprint density at radius 3 is 1.96 bits per heavy atom. The maximum atomic E-state index is 13.3. The molecule has 0 aromatic carbocycles. The lowest BCUT2D eigenvalue weighted by Gasteiger charge is -2.31. The molecule has 2 aliphatic heterocycles. The van der Waals surface area contributed by atoms with Crippen molar-refractivity contribution in [3.8, 4) is 0 Å². The average molecular weight is 831 g/mol. The predicted octanol–water partition coefficient (Wildman–Crippen LogP) is -5.07. The molecule has 2 heterocycles. The van der Waals surface area contributed by atoms with Crippen LogP contribution in [0.3, 0.4) is 0 Å². The van der Waals surface area contributed by atoms with Crippen LogP contribution in [0.1, 0.15) is 34.1 Å². The van der Waals surface area contributed by atoms with Crippen molar-refractivity contribution >= 4 is 98.0 Å². The molecule has 53 heavy (non-hydrogen) atoms. The van der Waals surface area contributed by atoms with Crippen LogP contribution in [0.2, 0.25) is 0 Å². The molecule has 26 heteroatoms. The second-order valence-corrected chi connectivity index (χ2v) is 14.7. The number of thioether (sulfide) groups is 1. The number of cyclic esters (lactones) is 1. The number of thiocarbonyl (C=S) groups is 2. The summed E-state index contributed by atoms with van der Waals surface area (Å²) in [6.45, 7) is 3.94. The van der Waals surface area contributed by atoms with Gasteiger partial charge in [-0.15, -0.1) is 0 Å². The Morgan fingerprint density at radius 1 is 0.868 bits per heavy atom. The summed E-state index contributed by atoms with van der Waals surface area (Å²) in [5.74, 6) is -5.84. The van der Waals surface area contributed by atoms with Crippen LogP contribution in [0.5, 0.6) is 0 Å². The number of rotatable bonds is 19. The number of carbonyl (C=O) groups is 7. The number of hydrogen-bond donors (Lipinski definition) is 11. The third-order valence-electron chi connectivity index (χ3n) is 7.60. The molecule has 0 aromatic rings. The van der Waals surface area contributed by atoms with Gasteiger partial charge in [0.25, 0.3) is 5.91 Å². The van der Waals surface area contributed by atoms with Gasteiger partial charge in [0.2, 0.25) is 23.6 Å². The highest BCUT2D eigenvalue weighted by Gasteiger charge is 2.45. The molecule has 11 N–H and O–H groups in total. The highest BCUT2D eigenvalue weighted by atomic mass is 32.3. The Bertz CT molecular complexity index is 1570. The van der Waals surface area contributed by atoms with Gasteiger partial charge in [-0.2, -0.15) is 20.2 Å². The fourth-order valence-corrected chi connectivity index (χ4v) is 6.34. The van der Waals surface area contributed by atoms with E-state index in [-0.39, 0.29) is 9.98 Å². The van der Waals surface area contributed by atoms with E-state index >= 15 is 0 Å². The van der Waals surface area contributed by atoms with E-state index in [2.05, 4.69) is 46.7 Å².